The van der Waals surface area contributed by atoms with Gasteiger partial charge in [0.25, 0.3) is 0 Å². The van der Waals surface area contributed by atoms with Gasteiger partial charge in [-0.25, -0.2) is 0 Å². The van der Waals surface area contributed by atoms with E-state index < -0.39 is 6.10 Å². The van der Waals surface area contributed by atoms with Crippen LogP contribution in [-0.4, -0.2) is 37.2 Å². The Hall–Kier alpha value is -3.15. The van der Waals surface area contributed by atoms with Crippen molar-refractivity contribution in [3.05, 3.63) is 72.9 Å². The van der Waals surface area contributed by atoms with Crippen LogP contribution in [0.15, 0.2) is 72.9 Å². The number of carbonyl (C=O) groups is 3. The Kier molecular flexibility index (Phi) is 60.7. The Bertz CT molecular complexity index is 1390. The molecule has 0 amide bonds. The van der Waals surface area contributed by atoms with Crippen molar-refractivity contribution in [2.45, 2.75) is 335 Å². The second-order valence-electron chi connectivity index (χ2n) is 21.6. The maximum atomic E-state index is 12.9. The van der Waals surface area contributed by atoms with Crippen molar-refractivity contribution in [1.29, 1.82) is 0 Å². The highest BCUT2D eigenvalue weighted by molar-refractivity contribution is 5.71. The van der Waals surface area contributed by atoms with Gasteiger partial charge < -0.3 is 14.2 Å². The average Bonchev–Trinajstić information content (AvgIpc) is 3.41. The van der Waals surface area contributed by atoms with Crippen LogP contribution < -0.4 is 0 Å². The molecule has 0 aliphatic carbocycles. The Morgan fingerprint density at radius 3 is 0.893 bits per heavy atom. The summed E-state index contributed by atoms with van der Waals surface area (Å²) in [6.45, 7) is 6.49. The van der Waals surface area contributed by atoms with Gasteiger partial charge in [-0.1, -0.05) is 306 Å². The lowest BCUT2D eigenvalue weighted by molar-refractivity contribution is -0.166. The van der Waals surface area contributed by atoms with Crippen molar-refractivity contribution in [3.63, 3.8) is 0 Å². The van der Waals surface area contributed by atoms with Crippen molar-refractivity contribution >= 4 is 17.9 Å². The summed E-state index contributed by atoms with van der Waals surface area (Å²) >= 11 is 0. The van der Waals surface area contributed by atoms with Gasteiger partial charge in [0, 0.05) is 19.3 Å². The quantitative estimate of drug-likeness (QED) is 0.0261. The van der Waals surface area contributed by atoms with E-state index in [4.69, 9.17) is 14.2 Å². The highest BCUT2D eigenvalue weighted by Crippen LogP contribution is 2.17. The maximum absolute atomic E-state index is 12.9. The number of allylic oxidation sites excluding steroid dienone is 12. The van der Waals surface area contributed by atoms with E-state index in [1.54, 1.807) is 0 Å². The van der Waals surface area contributed by atoms with Crippen LogP contribution in [0.25, 0.3) is 0 Å². The number of esters is 3. The molecule has 0 spiro atoms. The third-order valence-electron chi connectivity index (χ3n) is 14.2. The number of rotatable bonds is 59. The molecule has 0 saturated carbocycles. The second kappa shape index (κ2) is 63.4. The Morgan fingerprint density at radius 1 is 0.280 bits per heavy atom. The zero-order valence-corrected chi connectivity index (χ0v) is 49.8. The third kappa shape index (κ3) is 61.6. The number of hydrogen-bond acceptors (Lipinski definition) is 6. The number of hydrogen-bond donors (Lipinski definition) is 0. The molecule has 75 heavy (non-hydrogen) atoms. The van der Waals surface area contributed by atoms with E-state index in [2.05, 4.69) is 87.6 Å². The monoisotopic (exact) mass is 1050 g/mol. The van der Waals surface area contributed by atoms with Crippen LogP contribution in [0.1, 0.15) is 329 Å². The van der Waals surface area contributed by atoms with Crippen molar-refractivity contribution in [2.75, 3.05) is 13.2 Å². The van der Waals surface area contributed by atoms with E-state index in [0.29, 0.717) is 19.3 Å². The number of ether oxygens (including phenoxy) is 3. The predicted molar refractivity (Wildman–Crippen MR) is 325 cm³/mol. The molecular formula is C69H122O6. The summed E-state index contributed by atoms with van der Waals surface area (Å²) in [6.07, 6.45) is 82.3. The molecule has 0 aliphatic rings. The van der Waals surface area contributed by atoms with Gasteiger partial charge >= 0.3 is 17.9 Å². The zero-order valence-electron chi connectivity index (χ0n) is 49.8. The highest BCUT2D eigenvalue weighted by Gasteiger charge is 2.19. The van der Waals surface area contributed by atoms with E-state index >= 15 is 0 Å². The molecule has 0 N–H and O–H groups in total. The molecule has 0 bridgehead atoms. The molecule has 0 saturated heterocycles. The van der Waals surface area contributed by atoms with Crippen LogP contribution in [0.2, 0.25) is 0 Å². The van der Waals surface area contributed by atoms with Gasteiger partial charge in [-0.2, -0.15) is 0 Å². The summed E-state index contributed by atoms with van der Waals surface area (Å²) in [4.78, 5) is 38.2. The van der Waals surface area contributed by atoms with Crippen molar-refractivity contribution in [2.24, 2.45) is 0 Å². The molecule has 6 heteroatoms. The first-order valence-electron chi connectivity index (χ1n) is 32.4. The molecule has 0 aliphatic heterocycles. The first kappa shape index (κ1) is 71.8. The van der Waals surface area contributed by atoms with Crippen LogP contribution in [0.3, 0.4) is 0 Å². The summed E-state index contributed by atoms with van der Waals surface area (Å²) < 4.78 is 16.8. The van der Waals surface area contributed by atoms with Gasteiger partial charge in [-0.15, -0.1) is 0 Å². The Morgan fingerprint density at radius 2 is 0.547 bits per heavy atom. The lowest BCUT2D eigenvalue weighted by Gasteiger charge is -2.18. The minimum atomic E-state index is -0.801. The van der Waals surface area contributed by atoms with Crippen molar-refractivity contribution < 1.29 is 28.6 Å². The molecule has 1 atom stereocenters. The lowest BCUT2D eigenvalue weighted by Crippen LogP contribution is -2.30. The molecule has 6 nitrogen and oxygen atoms in total. The summed E-state index contributed by atoms with van der Waals surface area (Å²) in [5.74, 6) is -0.963. The Labute approximate surface area is 465 Å². The highest BCUT2D eigenvalue weighted by atomic mass is 16.6. The summed E-state index contributed by atoms with van der Waals surface area (Å²) in [5.41, 5.74) is 0. The van der Waals surface area contributed by atoms with Gasteiger partial charge in [0.2, 0.25) is 0 Å². The van der Waals surface area contributed by atoms with E-state index in [9.17, 15) is 14.4 Å². The molecule has 0 fully saturated rings. The smallest absolute Gasteiger partial charge is 0.306 e. The van der Waals surface area contributed by atoms with E-state index in [1.807, 2.05) is 6.08 Å². The normalized spacial score (nSPS) is 12.5. The zero-order chi connectivity index (χ0) is 54.3. The SMILES string of the molecule is CC/C=C\C/C=C\C/C=C\C/C=C\CCC(=O)OCC(COC(=O)CCCCCCCCCCCCCCCCCCC/C=C\C/C=C\CCCCCCC)OC(=O)CCCCCCCCCCCCCCCCC. The average molecular weight is 1050 g/mol. The molecule has 0 aromatic carbocycles. The summed E-state index contributed by atoms with van der Waals surface area (Å²) in [6, 6.07) is 0. The fourth-order valence-corrected chi connectivity index (χ4v) is 9.37. The predicted octanol–water partition coefficient (Wildman–Crippen LogP) is 22.1. The Balaban J connectivity index is 4.21. The fraction of sp³-hybridized carbons (Fsp3) is 0.783. The van der Waals surface area contributed by atoms with E-state index in [-0.39, 0.29) is 37.5 Å². The van der Waals surface area contributed by atoms with Gasteiger partial charge in [0.15, 0.2) is 6.10 Å². The molecule has 0 heterocycles. The van der Waals surface area contributed by atoms with Gasteiger partial charge in [0.05, 0.1) is 0 Å². The summed E-state index contributed by atoms with van der Waals surface area (Å²) in [7, 11) is 0. The standard InChI is InChI=1S/C69H122O6/c1-4-7-10-13-16-19-22-25-27-28-29-30-31-32-33-34-35-36-37-38-39-40-42-44-47-50-53-56-59-62-68(71)74-65-66(64-73-67(70)61-58-55-52-49-46-43-24-21-18-15-12-9-6-3)75-69(72)63-60-57-54-51-48-45-41-26-23-20-17-14-11-8-5-2/h9,12,18,21-22,25,28-29,43,46,52,55,66H,4-8,10-11,13-17,19-20,23-24,26-27,30-42,44-45,47-51,53-54,56-65H2,1-3H3/b12-9-,21-18-,25-22-,29-28-,46-43-,55-52-. The van der Waals surface area contributed by atoms with Gasteiger partial charge in [-0.05, 0) is 77.0 Å². The first-order valence-corrected chi connectivity index (χ1v) is 32.4. The molecule has 0 aromatic rings. The third-order valence-corrected chi connectivity index (χ3v) is 14.2. The molecule has 0 rings (SSSR count). The topological polar surface area (TPSA) is 78.9 Å². The summed E-state index contributed by atoms with van der Waals surface area (Å²) in [5, 5.41) is 0. The van der Waals surface area contributed by atoms with E-state index in [0.717, 1.165) is 70.6 Å². The van der Waals surface area contributed by atoms with Crippen molar-refractivity contribution in [3.8, 4) is 0 Å². The minimum absolute atomic E-state index is 0.0934. The molecular weight excluding hydrogens is 925 g/mol. The number of unbranched alkanes of at least 4 members (excludes halogenated alkanes) is 36. The van der Waals surface area contributed by atoms with Crippen LogP contribution in [0.4, 0.5) is 0 Å². The van der Waals surface area contributed by atoms with Gasteiger partial charge in [-0.3, -0.25) is 14.4 Å². The molecule has 0 aromatic heterocycles. The van der Waals surface area contributed by atoms with Crippen LogP contribution in [-0.2, 0) is 28.6 Å². The molecule has 0 radical (unpaired) electrons. The van der Waals surface area contributed by atoms with Gasteiger partial charge in [0.1, 0.15) is 13.2 Å². The lowest BCUT2D eigenvalue weighted by atomic mass is 10.0. The van der Waals surface area contributed by atoms with Crippen LogP contribution in [0, 0.1) is 0 Å². The first-order chi connectivity index (χ1) is 37.0. The van der Waals surface area contributed by atoms with E-state index in [1.165, 1.54) is 212 Å². The van der Waals surface area contributed by atoms with Crippen molar-refractivity contribution in [1.82, 2.24) is 0 Å². The van der Waals surface area contributed by atoms with Crippen LogP contribution >= 0.6 is 0 Å². The maximum Gasteiger partial charge on any atom is 0.306 e. The minimum Gasteiger partial charge on any atom is -0.462 e. The largest absolute Gasteiger partial charge is 0.462 e. The second-order valence-corrected chi connectivity index (χ2v) is 21.6. The molecule has 1 unspecified atom stereocenters. The molecule has 434 valence electrons. The van der Waals surface area contributed by atoms with Crippen LogP contribution in [0.5, 0.6) is 0 Å². The number of carbonyl (C=O) groups excluding carboxylic acids is 3. The fourth-order valence-electron chi connectivity index (χ4n) is 9.37.